The molecule has 12 heteroatoms. The number of hydrogen-bond acceptors (Lipinski definition) is 9. The zero-order valence-corrected chi connectivity index (χ0v) is 34.3. The van der Waals surface area contributed by atoms with E-state index in [9.17, 15) is 14.4 Å². The number of hydroxylamine groups is 2. The number of likely N-dealkylation sites (tertiary alicyclic amines) is 1. The van der Waals surface area contributed by atoms with Crippen LogP contribution in [0.3, 0.4) is 0 Å². The highest BCUT2D eigenvalue weighted by molar-refractivity contribution is 6.02. The smallest absolute Gasteiger partial charge is 0.276 e. The molecule has 4 heterocycles. The van der Waals surface area contributed by atoms with Crippen molar-refractivity contribution in [2.24, 2.45) is 0 Å². The van der Waals surface area contributed by atoms with Crippen LogP contribution in [0.1, 0.15) is 64.1 Å². The molecule has 3 amide bonds. The monoisotopic (exact) mass is 828 g/mol. The van der Waals surface area contributed by atoms with E-state index in [4.69, 9.17) is 14.3 Å². The quantitative estimate of drug-likeness (QED) is 0.0921. The van der Waals surface area contributed by atoms with Crippen LogP contribution in [0.2, 0.25) is 0 Å². The number of pyridine rings is 2. The van der Waals surface area contributed by atoms with Crippen LogP contribution in [0.25, 0.3) is 12.2 Å². The largest absolute Gasteiger partial charge is 0.487 e. The third kappa shape index (κ3) is 10.8. The minimum atomic E-state index is -0.624. The Labute approximate surface area is 361 Å². The number of benzene rings is 4. The predicted molar refractivity (Wildman–Crippen MR) is 238 cm³/mol. The summed E-state index contributed by atoms with van der Waals surface area (Å²) in [7, 11) is 0. The zero-order chi connectivity index (χ0) is 42.5. The summed E-state index contributed by atoms with van der Waals surface area (Å²) in [6, 6.07) is 41.0. The highest BCUT2D eigenvalue weighted by Gasteiger charge is 2.36. The highest BCUT2D eigenvalue weighted by Crippen LogP contribution is 2.27. The second-order valence-corrected chi connectivity index (χ2v) is 15.1. The maximum atomic E-state index is 13.7. The molecule has 4 aromatic carbocycles. The molecule has 0 spiro atoms. The van der Waals surface area contributed by atoms with E-state index < -0.39 is 12.1 Å². The first-order valence-electron chi connectivity index (χ1n) is 20.9. The zero-order valence-electron chi connectivity index (χ0n) is 34.3. The number of anilines is 2. The van der Waals surface area contributed by atoms with Crippen LogP contribution in [0.4, 0.5) is 11.4 Å². The average Bonchev–Trinajstić information content (AvgIpc) is 4.02. The van der Waals surface area contributed by atoms with Crippen molar-refractivity contribution < 1.29 is 28.7 Å². The average molecular weight is 829 g/mol. The van der Waals surface area contributed by atoms with Crippen LogP contribution in [-0.4, -0.2) is 62.8 Å². The Hall–Kier alpha value is -7.15. The Morgan fingerprint density at radius 2 is 1.11 bits per heavy atom. The SMILES string of the molecule is O=C(Nc1ccc(/C=C/c2ccc(NC(=O)[C@@H]3CCCN3C(=O)c3ncccc3OCc3ccccc3)cc2)cc1)[C@@H]1CCCN1OCc1ncccc1OCc1ccccc1. The molecule has 2 aliphatic heterocycles. The van der Waals surface area contributed by atoms with E-state index in [2.05, 4.69) is 20.6 Å². The normalized spacial score (nSPS) is 16.3. The van der Waals surface area contributed by atoms with Gasteiger partial charge in [0.15, 0.2) is 11.4 Å². The summed E-state index contributed by atoms with van der Waals surface area (Å²) in [6.07, 6.45) is 10.0. The van der Waals surface area contributed by atoms with Crippen LogP contribution >= 0.6 is 0 Å². The molecule has 0 saturated carbocycles. The number of carbonyl (C=O) groups is 3. The molecule has 2 aromatic heterocycles. The Morgan fingerprint density at radius 3 is 1.74 bits per heavy atom. The van der Waals surface area contributed by atoms with Gasteiger partial charge in [0.1, 0.15) is 43.3 Å². The second-order valence-electron chi connectivity index (χ2n) is 15.1. The summed E-state index contributed by atoms with van der Waals surface area (Å²) in [5, 5.41) is 7.78. The third-order valence-electron chi connectivity index (χ3n) is 10.8. The molecule has 0 radical (unpaired) electrons. The van der Waals surface area contributed by atoms with Crippen LogP contribution in [0, 0.1) is 0 Å². The maximum Gasteiger partial charge on any atom is 0.276 e. The number of ether oxygens (including phenoxy) is 2. The number of hydrogen-bond donors (Lipinski definition) is 2. The Morgan fingerprint density at radius 1 is 0.581 bits per heavy atom. The van der Waals surface area contributed by atoms with Crippen LogP contribution in [-0.2, 0) is 34.2 Å². The first-order valence-corrected chi connectivity index (χ1v) is 20.9. The summed E-state index contributed by atoms with van der Waals surface area (Å²) in [5.41, 5.74) is 6.13. The predicted octanol–water partition coefficient (Wildman–Crippen LogP) is 8.58. The second kappa shape index (κ2) is 20.4. The van der Waals surface area contributed by atoms with Gasteiger partial charge >= 0.3 is 0 Å². The lowest BCUT2D eigenvalue weighted by Crippen LogP contribution is -2.43. The van der Waals surface area contributed by atoms with Gasteiger partial charge in [0.2, 0.25) is 11.8 Å². The lowest BCUT2D eigenvalue weighted by Gasteiger charge is -2.24. The van der Waals surface area contributed by atoms with E-state index >= 15 is 0 Å². The van der Waals surface area contributed by atoms with Gasteiger partial charge in [-0.05, 0) is 96.5 Å². The lowest BCUT2D eigenvalue weighted by atomic mass is 10.1. The molecule has 314 valence electrons. The highest BCUT2D eigenvalue weighted by atomic mass is 16.7. The first-order chi connectivity index (χ1) is 30.5. The van der Waals surface area contributed by atoms with E-state index in [0.29, 0.717) is 74.1 Å². The lowest BCUT2D eigenvalue weighted by molar-refractivity contribution is -0.183. The summed E-state index contributed by atoms with van der Waals surface area (Å²) in [4.78, 5) is 57.1. The van der Waals surface area contributed by atoms with Crippen molar-refractivity contribution in [3.63, 3.8) is 0 Å². The fourth-order valence-electron chi connectivity index (χ4n) is 7.52. The van der Waals surface area contributed by atoms with Gasteiger partial charge in [-0.3, -0.25) is 24.2 Å². The molecular formula is C50H48N6O6. The number of amides is 3. The van der Waals surface area contributed by atoms with E-state index in [-0.39, 0.29) is 30.0 Å². The standard InChI is InChI=1S/C50H48N6O6/c57-48(43-15-9-31-55(43)50(59)47-46(18-8-30-52-47)61-34-39-13-5-2-6-14-39)53-40-25-21-36(22-26-40)19-20-37-23-27-41(28-24-37)54-49(58)44-16-10-32-56(44)62-35-42-45(17-7-29-51-42)60-33-38-11-3-1-4-12-38/h1-8,11-14,17-30,43-44H,9-10,15-16,31-35H2,(H,53,57)(H,54,58)/b20-19+/t43-,44-/m0/s1. The Kier molecular flexibility index (Phi) is 13.7. The molecule has 6 aromatic rings. The topological polar surface area (TPSA) is 135 Å². The van der Waals surface area contributed by atoms with E-state index in [0.717, 1.165) is 28.7 Å². The molecule has 12 nitrogen and oxygen atoms in total. The number of aromatic nitrogens is 2. The molecule has 2 aliphatic rings. The van der Waals surface area contributed by atoms with Crippen molar-refractivity contribution in [1.29, 1.82) is 0 Å². The minimum absolute atomic E-state index is 0.127. The van der Waals surface area contributed by atoms with Crippen molar-refractivity contribution in [2.75, 3.05) is 23.7 Å². The van der Waals surface area contributed by atoms with Gasteiger partial charge in [0.25, 0.3) is 5.91 Å². The van der Waals surface area contributed by atoms with Crippen molar-refractivity contribution in [1.82, 2.24) is 19.9 Å². The summed E-state index contributed by atoms with van der Waals surface area (Å²) in [6.45, 7) is 2.01. The van der Waals surface area contributed by atoms with Gasteiger partial charge < -0.3 is 25.0 Å². The number of carbonyl (C=O) groups excluding carboxylic acids is 3. The Balaban J connectivity index is 0.803. The van der Waals surface area contributed by atoms with Gasteiger partial charge in [-0.1, -0.05) is 97.1 Å². The molecular weight excluding hydrogens is 781 g/mol. The van der Waals surface area contributed by atoms with Crippen LogP contribution in [0.5, 0.6) is 11.5 Å². The fraction of sp³-hybridized carbons (Fsp3) is 0.220. The van der Waals surface area contributed by atoms with Gasteiger partial charge in [0.05, 0.1) is 0 Å². The molecule has 2 fully saturated rings. The first kappa shape index (κ1) is 41.6. The van der Waals surface area contributed by atoms with E-state index in [1.165, 1.54) is 0 Å². The molecule has 62 heavy (non-hydrogen) atoms. The number of nitrogens with zero attached hydrogens (tertiary/aromatic N) is 4. The summed E-state index contributed by atoms with van der Waals surface area (Å²) in [5.74, 6) is 0.333. The summed E-state index contributed by atoms with van der Waals surface area (Å²) >= 11 is 0. The maximum absolute atomic E-state index is 13.7. The van der Waals surface area contributed by atoms with E-state index in [1.807, 2.05) is 133 Å². The van der Waals surface area contributed by atoms with Gasteiger partial charge in [-0.15, -0.1) is 0 Å². The molecule has 2 saturated heterocycles. The molecule has 8 rings (SSSR count). The molecule has 2 N–H and O–H groups in total. The minimum Gasteiger partial charge on any atom is -0.487 e. The molecule has 0 bridgehead atoms. The van der Waals surface area contributed by atoms with Gasteiger partial charge in [-0.25, -0.2) is 4.98 Å². The van der Waals surface area contributed by atoms with Crippen molar-refractivity contribution in [3.8, 4) is 11.5 Å². The molecule has 2 atom stereocenters. The number of rotatable bonds is 16. The molecule has 0 unspecified atom stereocenters. The van der Waals surface area contributed by atoms with Crippen LogP contribution < -0.4 is 20.1 Å². The van der Waals surface area contributed by atoms with Crippen molar-refractivity contribution >= 4 is 41.2 Å². The van der Waals surface area contributed by atoms with Gasteiger partial charge in [0, 0.05) is 36.9 Å². The van der Waals surface area contributed by atoms with Crippen LogP contribution in [0.15, 0.2) is 146 Å². The summed E-state index contributed by atoms with van der Waals surface area (Å²) < 4.78 is 12.0. The third-order valence-corrected chi connectivity index (χ3v) is 10.8. The fourth-order valence-corrected chi connectivity index (χ4v) is 7.52. The number of nitrogens with one attached hydrogen (secondary N) is 2. The van der Waals surface area contributed by atoms with Crippen molar-refractivity contribution in [2.45, 2.75) is 57.6 Å². The van der Waals surface area contributed by atoms with Gasteiger partial charge in [-0.2, -0.15) is 5.06 Å². The molecule has 0 aliphatic carbocycles. The Bertz CT molecular complexity index is 2460. The van der Waals surface area contributed by atoms with Crippen molar-refractivity contribution in [3.05, 3.63) is 179 Å². The van der Waals surface area contributed by atoms with E-state index in [1.54, 1.807) is 34.5 Å².